The molecule has 3 rings (SSSR count). The quantitative estimate of drug-likeness (QED) is 0.767. The standard InChI is InChI=1S/C12H10N2OS2/c1-15-7-2-3-9-10(6-7)17-12(14-9)11-8(13)4-5-16-11/h2-6H,13H2,1H3. The first kappa shape index (κ1) is 10.6. The van der Waals surface area contributed by atoms with E-state index in [1.54, 1.807) is 29.8 Å². The molecule has 0 bridgehead atoms. The van der Waals surface area contributed by atoms with Crippen LogP contribution in [0.1, 0.15) is 0 Å². The summed E-state index contributed by atoms with van der Waals surface area (Å²) >= 11 is 3.26. The Hall–Kier alpha value is -1.59. The number of ether oxygens (including phenoxy) is 1. The van der Waals surface area contributed by atoms with E-state index in [9.17, 15) is 0 Å². The smallest absolute Gasteiger partial charge is 0.136 e. The number of thiazole rings is 1. The molecule has 0 saturated carbocycles. The van der Waals surface area contributed by atoms with E-state index < -0.39 is 0 Å². The van der Waals surface area contributed by atoms with Gasteiger partial charge in [-0.2, -0.15) is 0 Å². The first-order chi connectivity index (χ1) is 8.28. The number of nitrogens with zero attached hydrogens (tertiary/aromatic N) is 1. The normalized spacial score (nSPS) is 10.9. The first-order valence-electron chi connectivity index (χ1n) is 5.06. The molecule has 2 heterocycles. The third-order valence-electron chi connectivity index (χ3n) is 2.49. The molecule has 0 amide bonds. The summed E-state index contributed by atoms with van der Waals surface area (Å²) in [4.78, 5) is 5.63. The summed E-state index contributed by atoms with van der Waals surface area (Å²) in [5.41, 5.74) is 7.68. The summed E-state index contributed by atoms with van der Waals surface area (Å²) in [7, 11) is 1.67. The van der Waals surface area contributed by atoms with Gasteiger partial charge in [-0.25, -0.2) is 4.98 Å². The van der Waals surface area contributed by atoms with Gasteiger partial charge in [0.2, 0.25) is 0 Å². The van der Waals surface area contributed by atoms with Gasteiger partial charge in [0.1, 0.15) is 10.8 Å². The lowest BCUT2D eigenvalue weighted by atomic mass is 10.3. The van der Waals surface area contributed by atoms with Gasteiger partial charge in [0.15, 0.2) is 0 Å². The van der Waals surface area contributed by atoms with Crippen LogP contribution in [-0.4, -0.2) is 12.1 Å². The zero-order chi connectivity index (χ0) is 11.8. The molecular formula is C12H10N2OS2. The largest absolute Gasteiger partial charge is 0.497 e. The summed E-state index contributed by atoms with van der Waals surface area (Å²) in [5.74, 6) is 0.854. The van der Waals surface area contributed by atoms with E-state index in [2.05, 4.69) is 4.98 Å². The lowest BCUT2D eigenvalue weighted by Gasteiger charge is -1.96. The molecule has 86 valence electrons. The van der Waals surface area contributed by atoms with E-state index in [1.807, 2.05) is 29.6 Å². The molecule has 0 aliphatic heterocycles. The fourth-order valence-corrected chi connectivity index (χ4v) is 3.55. The van der Waals surface area contributed by atoms with E-state index in [1.165, 1.54) is 0 Å². The molecule has 0 spiro atoms. The summed E-state index contributed by atoms with van der Waals surface area (Å²) in [6.45, 7) is 0. The Bertz CT molecular complexity index is 672. The second-order valence-electron chi connectivity index (χ2n) is 3.56. The molecule has 5 heteroatoms. The lowest BCUT2D eigenvalue weighted by Crippen LogP contribution is -1.82. The Kier molecular flexibility index (Phi) is 2.49. The SMILES string of the molecule is COc1ccc2nc(-c3sccc3N)sc2c1. The number of methoxy groups -OCH3 is 1. The highest BCUT2D eigenvalue weighted by Gasteiger charge is 2.10. The number of fused-ring (bicyclic) bond motifs is 1. The minimum Gasteiger partial charge on any atom is -0.497 e. The van der Waals surface area contributed by atoms with Crippen molar-refractivity contribution in [3.05, 3.63) is 29.6 Å². The topological polar surface area (TPSA) is 48.1 Å². The highest BCUT2D eigenvalue weighted by molar-refractivity contribution is 7.25. The van der Waals surface area contributed by atoms with Crippen LogP contribution in [0.4, 0.5) is 5.69 Å². The zero-order valence-electron chi connectivity index (χ0n) is 9.14. The number of anilines is 1. The van der Waals surface area contributed by atoms with E-state index in [0.717, 1.165) is 31.5 Å². The Morgan fingerprint density at radius 1 is 1.29 bits per heavy atom. The van der Waals surface area contributed by atoms with E-state index in [4.69, 9.17) is 10.5 Å². The molecule has 3 nitrogen and oxygen atoms in total. The van der Waals surface area contributed by atoms with Gasteiger partial charge in [0, 0.05) is 0 Å². The van der Waals surface area contributed by atoms with E-state index in [-0.39, 0.29) is 0 Å². The van der Waals surface area contributed by atoms with Gasteiger partial charge in [-0.05, 0) is 29.6 Å². The third kappa shape index (κ3) is 1.77. The molecule has 1 aromatic carbocycles. The molecule has 0 aliphatic carbocycles. The van der Waals surface area contributed by atoms with Crippen molar-refractivity contribution < 1.29 is 4.74 Å². The van der Waals surface area contributed by atoms with Crippen LogP contribution in [0.5, 0.6) is 5.75 Å². The van der Waals surface area contributed by atoms with Gasteiger partial charge < -0.3 is 10.5 Å². The molecular weight excluding hydrogens is 252 g/mol. The minimum absolute atomic E-state index is 0.793. The van der Waals surface area contributed by atoms with Crippen LogP contribution in [-0.2, 0) is 0 Å². The molecule has 2 aromatic heterocycles. The van der Waals surface area contributed by atoms with Crippen LogP contribution in [0.2, 0.25) is 0 Å². The molecule has 17 heavy (non-hydrogen) atoms. The second-order valence-corrected chi connectivity index (χ2v) is 5.50. The van der Waals surface area contributed by atoms with Gasteiger partial charge in [-0.1, -0.05) is 0 Å². The van der Waals surface area contributed by atoms with Crippen molar-refractivity contribution in [2.45, 2.75) is 0 Å². The molecule has 3 aromatic rings. The summed E-state index contributed by atoms with van der Waals surface area (Å²) in [5, 5.41) is 2.96. The highest BCUT2D eigenvalue weighted by atomic mass is 32.1. The van der Waals surface area contributed by atoms with Gasteiger partial charge in [-0.3, -0.25) is 0 Å². The number of hydrogen-bond donors (Lipinski definition) is 1. The maximum absolute atomic E-state index is 5.90. The van der Waals surface area contributed by atoms with Crippen LogP contribution in [0.25, 0.3) is 20.1 Å². The van der Waals surface area contributed by atoms with Crippen molar-refractivity contribution in [1.29, 1.82) is 0 Å². The predicted molar refractivity (Wildman–Crippen MR) is 73.9 cm³/mol. The maximum Gasteiger partial charge on any atom is 0.136 e. The minimum atomic E-state index is 0.793. The van der Waals surface area contributed by atoms with Crippen LogP contribution in [0.15, 0.2) is 29.6 Å². The Morgan fingerprint density at radius 3 is 2.88 bits per heavy atom. The average molecular weight is 262 g/mol. The molecule has 0 radical (unpaired) electrons. The van der Waals surface area contributed by atoms with Crippen molar-refractivity contribution in [2.75, 3.05) is 12.8 Å². The van der Waals surface area contributed by atoms with Crippen molar-refractivity contribution in [1.82, 2.24) is 4.98 Å². The monoisotopic (exact) mass is 262 g/mol. The van der Waals surface area contributed by atoms with Gasteiger partial charge in [-0.15, -0.1) is 22.7 Å². The zero-order valence-corrected chi connectivity index (χ0v) is 10.8. The van der Waals surface area contributed by atoms with Gasteiger partial charge >= 0.3 is 0 Å². The molecule has 2 N–H and O–H groups in total. The summed E-state index contributed by atoms with van der Waals surface area (Å²) in [6, 6.07) is 7.80. The van der Waals surface area contributed by atoms with Crippen molar-refractivity contribution >= 4 is 38.6 Å². The van der Waals surface area contributed by atoms with Crippen LogP contribution < -0.4 is 10.5 Å². The Balaban J connectivity index is 2.17. The number of thiophene rings is 1. The number of aromatic nitrogens is 1. The number of hydrogen-bond acceptors (Lipinski definition) is 5. The fraction of sp³-hybridized carbons (Fsp3) is 0.0833. The summed E-state index contributed by atoms with van der Waals surface area (Å²) < 4.78 is 6.32. The highest BCUT2D eigenvalue weighted by Crippen LogP contribution is 2.37. The van der Waals surface area contributed by atoms with Crippen molar-refractivity contribution in [3.63, 3.8) is 0 Å². The van der Waals surface area contributed by atoms with Gasteiger partial charge in [0.25, 0.3) is 0 Å². The fourth-order valence-electron chi connectivity index (χ4n) is 1.62. The molecule has 0 atom stereocenters. The van der Waals surface area contributed by atoms with Crippen LogP contribution in [0.3, 0.4) is 0 Å². The summed E-state index contributed by atoms with van der Waals surface area (Å²) in [6.07, 6.45) is 0. The second kappa shape index (κ2) is 4.01. The number of nitrogens with two attached hydrogens (primary N) is 1. The van der Waals surface area contributed by atoms with Crippen LogP contribution in [0, 0.1) is 0 Å². The molecule has 0 unspecified atom stereocenters. The van der Waals surface area contributed by atoms with Gasteiger partial charge in [0.05, 0.1) is 27.9 Å². The maximum atomic E-state index is 5.90. The van der Waals surface area contributed by atoms with Crippen LogP contribution >= 0.6 is 22.7 Å². The molecule has 0 saturated heterocycles. The van der Waals surface area contributed by atoms with Crippen molar-refractivity contribution in [2.24, 2.45) is 0 Å². The third-order valence-corrected chi connectivity index (χ3v) is 4.59. The average Bonchev–Trinajstić information content (AvgIpc) is 2.93. The number of rotatable bonds is 2. The Labute approximate surface area is 106 Å². The molecule has 0 fully saturated rings. The van der Waals surface area contributed by atoms with E-state index >= 15 is 0 Å². The van der Waals surface area contributed by atoms with Crippen molar-refractivity contribution in [3.8, 4) is 15.6 Å². The first-order valence-corrected chi connectivity index (χ1v) is 6.75. The Morgan fingerprint density at radius 2 is 2.18 bits per heavy atom. The molecule has 0 aliphatic rings. The number of nitrogen functional groups attached to an aromatic ring is 1. The van der Waals surface area contributed by atoms with E-state index in [0.29, 0.717) is 0 Å². The predicted octanol–water partition coefficient (Wildman–Crippen LogP) is 3.62. The number of benzene rings is 1. The lowest BCUT2D eigenvalue weighted by molar-refractivity contribution is 0.415.